The van der Waals surface area contributed by atoms with Crippen molar-refractivity contribution in [1.29, 1.82) is 0 Å². The van der Waals surface area contributed by atoms with Crippen LogP contribution in [0.25, 0.3) is 11.7 Å². The zero-order valence-electron chi connectivity index (χ0n) is 17.2. The predicted molar refractivity (Wildman–Crippen MR) is 117 cm³/mol. The number of aromatic nitrogens is 2. The van der Waals surface area contributed by atoms with Crippen LogP contribution in [0.2, 0.25) is 0 Å². The minimum Gasteiger partial charge on any atom is -0.340 e. The maximum atomic E-state index is 12.9. The molecule has 4 rings (SSSR count). The first kappa shape index (κ1) is 19.4. The number of amides is 1. The third kappa shape index (κ3) is 4.40. The van der Waals surface area contributed by atoms with Crippen LogP contribution in [0.3, 0.4) is 0 Å². The van der Waals surface area contributed by atoms with Crippen molar-refractivity contribution >= 4 is 17.6 Å². The number of piperazine rings is 1. The smallest absolute Gasteiger partial charge is 0.228 e. The van der Waals surface area contributed by atoms with E-state index >= 15 is 0 Å². The highest BCUT2D eigenvalue weighted by Gasteiger charge is 2.22. The third-order valence-corrected chi connectivity index (χ3v) is 5.66. The molecule has 1 fully saturated rings. The first-order valence-electron chi connectivity index (χ1n) is 10.3. The Hall–Kier alpha value is -2.92. The van der Waals surface area contributed by atoms with E-state index in [1.54, 1.807) is 0 Å². The van der Waals surface area contributed by atoms with E-state index in [0.29, 0.717) is 6.42 Å². The van der Waals surface area contributed by atoms with Crippen molar-refractivity contribution in [2.75, 3.05) is 32.7 Å². The molecule has 5 heteroatoms. The van der Waals surface area contributed by atoms with Gasteiger partial charge in [-0.2, -0.15) is 0 Å². The van der Waals surface area contributed by atoms with Crippen LogP contribution in [-0.4, -0.2) is 57.8 Å². The molecule has 0 atom stereocenters. The maximum absolute atomic E-state index is 12.9. The fourth-order valence-corrected chi connectivity index (χ4v) is 3.92. The van der Waals surface area contributed by atoms with Crippen LogP contribution in [0.15, 0.2) is 54.7 Å². The van der Waals surface area contributed by atoms with E-state index in [0.717, 1.165) is 55.3 Å². The Morgan fingerprint density at radius 3 is 2.55 bits per heavy atom. The molecular formula is C24H28N4O. The normalized spacial score (nSPS) is 15.4. The molecule has 0 bridgehead atoms. The summed E-state index contributed by atoms with van der Waals surface area (Å²) in [4.78, 5) is 21.9. The van der Waals surface area contributed by atoms with Crippen molar-refractivity contribution in [3.63, 3.8) is 0 Å². The van der Waals surface area contributed by atoms with Crippen molar-refractivity contribution in [1.82, 2.24) is 19.2 Å². The van der Waals surface area contributed by atoms with Crippen LogP contribution in [0.5, 0.6) is 0 Å². The lowest BCUT2D eigenvalue weighted by molar-refractivity contribution is -0.132. The Kier molecular flexibility index (Phi) is 5.76. The molecule has 5 nitrogen and oxygen atoms in total. The van der Waals surface area contributed by atoms with Crippen molar-refractivity contribution in [2.45, 2.75) is 20.3 Å². The first-order chi connectivity index (χ1) is 14.1. The van der Waals surface area contributed by atoms with Gasteiger partial charge in [-0.3, -0.25) is 9.69 Å². The second-order valence-corrected chi connectivity index (χ2v) is 7.70. The van der Waals surface area contributed by atoms with Crippen molar-refractivity contribution in [3.05, 3.63) is 77.3 Å². The van der Waals surface area contributed by atoms with Crippen LogP contribution < -0.4 is 0 Å². The SMILES string of the molecule is Cc1nc2c(C)cccn2c1CC(=O)N1CCN(C/C=C/c2ccccc2)CC1. The van der Waals surface area contributed by atoms with Crippen molar-refractivity contribution < 1.29 is 4.79 Å². The summed E-state index contributed by atoms with van der Waals surface area (Å²) < 4.78 is 2.06. The number of carbonyl (C=O) groups excluding carboxylic acids is 1. The van der Waals surface area contributed by atoms with Gasteiger partial charge in [0.05, 0.1) is 17.8 Å². The summed E-state index contributed by atoms with van der Waals surface area (Å²) in [6.45, 7) is 8.36. The van der Waals surface area contributed by atoms with Gasteiger partial charge in [0, 0.05) is 38.9 Å². The average molecular weight is 389 g/mol. The van der Waals surface area contributed by atoms with Gasteiger partial charge in [-0.25, -0.2) is 4.98 Å². The Balaban J connectivity index is 1.32. The molecule has 150 valence electrons. The fraction of sp³-hybridized carbons (Fsp3) is 0.333. The van der Waals surface area contributed by atoms with E-state index in [1.165, 1.54) is 5.56 Å². The lowest BCUT2D eigenvalue weighted by Crippen LogP contribution is -2.49. The molecule has 1 aromatic carbocycles. The summed E-state index contributed by atoms with van der Waals surface area (Å²) in [5, 5.41) is 0. The second kappa shape index (κ2) is 8.62. The molecule has 2 aromatic heterocycles. The average Bonchev–Trinajstić information content (AvgIpc) is 3.06. The lowest BCUT2D eigenvalue weighted by Gasteiger charge is -2.34. The molecule has 3 aromatic rings. The maximum Gasteiger partial charge on any atom is 0.228 e. The molecule has 1 saturated heterocycles. The van der Waals surface area contributed by atoms with Crippen LogP contribution in [-0.2, 0) is 11.2 Å². The third-order valence-electron chi connectivity index (χ3n) is 5.66. The van der Waals surface area contributed by atoms with Crippen molar-refractivity contribution in [3.8, 4) is 0 Å². The van der Waals surface area contributed by atoms with Gasteiger partial charge >= 0.3 is 0 Å². The van der Waals surface area contributed by atoms with Crippen LogP contribution in [0, 0.1) is 13.8 Å². The van der Waals surface area contributed by atoms with Gasteiger partial charge in [-0.05, 0) is 31.0 Å². The number of hydrogen-bond acceptors (Lipinski definition) is 3. The lowest BCUT2D eigenvalue weighted by atomic mass is 10.2. The molecule has 0 saturated carbocycles. The monoisotopic (exact) mass is 388 g/mol. The van der Waals surface area contributed by atoms with Crippen molar-refractivity contribution in [2.24, 2.45) is 0 Å². The molecule has 0 radical (unpaired) electrons. The van der Waals surface area contributed by atoms with E-state index in [1.807, 2.05) is 30.2 Å². The predicted octanol–water partition coefficient (Wildman–Crippen LogP) is 3.35. The summed E-state index contributed by atoms with van der Waals surface area (Å²) in [7, 11) is 0. The summed E-state index contributed by atoms with van der Waals surface area (Å²) in [5.74, 6) is 0.191. The van der Waals surface area contributed by atoms with Crippen LogP contribution in [0.4, 0.5) is 0 Å². The number of imidazole rings is 1. The molecule has 0 spiro atoms. The molecule has 1 aliphatic heterocycles. The Morgan fingerprint density at radius 1 is 1.03 bits per heavy atom. The van der Waals surface area contributed by atoms with Gasteiger partial charge in [-0.15, -0.1) is 0 Å². The van der Waals surface area contributed by atoms with E-state index in [-0.39, 0.29) is 5.91 Å². The molecule has 29 heavy (non-hydrogen) atoms. The summed E-state index contributed by atoms with van der Waals surface area (Å²) in [6.07, 6.45) is 6.77. The number of carbonyl (C=O) groups is 1. The van der Waals surface area contributed by atoms with Crippen LogP contribution in [0.1, 0.15) is 22.5 Å². The Labute approximate surface area is 172 Å². The summed E-state index contributed by atoms with van der Waals surface area (Å²) in [5.41, 5.74) is 5.24. The highest BCUT2D eigenvalue weighted by molar-refractivity contribution is 5.79. The molecule has 0 N–H and O–H groups in total. The summed E-state index contributed by atoms with van der Waals surface area (Å²) in [6, 6.07) is 14.4. The number of hydrogen-bond donors (Lipinski definition) is 0. The summed E-state index contributed by atoms with van der Waals surface area (Å²) >= 11 is 0. The highest BCUT2D eigenvalue weighted by atomic mass is 16.2. The van der Waals surface area contributed by atoms with E-state index in [4.69, 9.17) is 0 Å². The van der Waals surface area contributed by atoms with E-state index < -0.39 is 0 Å². The quantitative estimate of drug-likeness (QED) is 0.673. The highest BCUT2D eigenvalue weighted by Crippen LogP contribution is 2.17. The second-order valence-electron chi connectivity index (χ2n) is 7.70. The van der Waals surface area contributed by atoms with Gasteiger partial charge in [-0.1, -0.05) is 48.6 Å². The largest absolute Gasteiger partial charge is 0.340 e. The number of fused-ring (bicyclic) bond motifs is 1. The first-order valence-corrected chi connectivity index (χ1v) is 10.3. The minimum atomic E-state index is 0.191. The van der Waals surface area contributed by atoms with Gasteiger partial charge in [0.2, 0.25) is 5.91 Å². The Morgan fingerprint density at radius 2 is 1.79 bits per heavy atom. The van der Waals surface area contributed by atoms with Gasteiger partial charge in [0.1, 0.15) is 5.65 Å². The van der Waals surface area contributed by atoms with E-state index in [2.05, 4.69) is 63.7 Å². The Bertz CT molecular complexity index is 1010. The van der Waals surface area contributed by atoms with Gasteiger partial charge in [0.25, 0.3) is 0 Å². The molecule has 1 amide bonds. The number of rotatable bonds is 5. The topological polar surface area (TPSA) is 40.9 Å². The molecule has 1 aliphatic rings. The van der Waals surface area contributed by atoms with Gasteiger partial charge in [0.15, 0.2) is 0 Å². The van der Waals surface area contributed by atoms with Gasteiger partial charge < -0.3 is 9.30 Å². The molecule has 0 unspecified atom stereocenters. The fourth-order valence-electron chi connectivity index (χ4n) is 3.92. The standard InChI is InChI=1S/C24H28N4O/c1-19-8-6-13-28-22(20(2)25-24(19)28)18-23(29)27-16-14-26(15-17-27)12-7-11-21-9-4-3-5-10-21/h3-11,13H,12,14-18H2,1-2H3/b11-7+. The minimum absolute atomic E-state index is 0.191. The van der Waals surface area contributed by atoms with Crippen LogP contribution >= 0.6 is 0 Å². The molecule has 3 heterocycles. The number of aryl methyl sites for hydroxylation is 2. The van der Waals surface area contributed by atoms with E-state index in [9.17, 15) is 4.79 Å². The molecular weight excluding hydrogens is 360 g/mol. The zero-order chi connectivity index (χ0) is 20.2. The zero-order valence-corrected chi connectivity index (χ0v) is 17.2. The number of nitrogens with zero attached hydrogens (tertiary/aromatic N) is 4. The molecule has 0 aliphatic carbocycles. The number of pyridine rings is 1. The number of benzene rings is 1.